The van der Waals surface area contributed by atoms with E-state index in [1.54, 1.807) is 10.7 Å². The van der Waals surface area contributed by atoms with Gasteiger partial charge >= 0.3 is 0 Å². The molecule has 5 nitrogen and oxygen atoms in total. The summed E-state index contributed by atoms with van der Waals surface area (Å²) in [5.74, 6) is 0.189. The molecule has 2 N–H and O–H groups in total. The summed E-state index contributed by atoms with van der Waals surface area (Å²) in [7, 11) is 0. The summed E-state index contributed by atoms with van der Waals surface area (Å²) in [6.07, 6.45) is 4.67. The monoisotopic (exact) mass is 424 g/mol. The van der Waals surface area contributed by atoms with E-state index >= 15 is 0 Å². The van der Waals surface area contributed by atoms with E-state index in [0.717, 1.165) is 28.6 Å². The lowest BCUT2D eigenvalue weighted by atomic mass is 10.1. The number of fused-ring (bicyclic) bond motifs is 1. The standard InChI is InChI=1S/C22H18Cl2N4O/c1-13-10-22(13,15-11-25-28(12-15)18-5-2-16(23)3-6-18)27-21(29)20-9-14-8-17(24)4-7-19(14)26-20/h2-9,11-13,26H,10H2,1H3,(H,27,29). The molecule has 0 bridgehead atoms. The molecule has 2 heterocycles. The van der Waals surface area contributed by atoms with Crippen LogP contribution in [0, 0.1) is 5.92 Å². The van der Waals surface area contributed by atoms with E-state index in [4.69, 9.17) is 23.2 Å². The molecule has 0 radical (unpaired) electrons. The van der Waals surface area contributed by atoms with Crippen LogP contribution in [0.2, 0.25) is 10.0 Å². The number of hydrogen-bond donors (Lipinski definition) is 2. The van der Waals surface area contributed by atoms with Crippen molar-refractivity contribution in [1.82, 2.24) is 20.1 Å². The summed E-state index contributed by atoms with van der Waals surface area (Å²) in [5, 5.41) is 9.94. The average molecular weight is 425 g/mol. The van der Waals surface area contributed by atoms with Gasteiger partial charge in [0, 0.05) is 32.7 Å². The maximum Gasteiger partial charge on any atom is 0.268 e. The maximum absolute atomic E-state index is 13.0. The topological polar surface area (TPSA) is 62.7 Å². The van der Waals surface area contributed by atoms with Crippen LogP contribution < -0.4 is 5.32 Å². The highest BCUT2D eigenvalue weighted by Gasteiger charge is 2.54. The molecule has 4 aromatic rings. The number of carbonyl (C=O) groups is 1. The van der Waals surface area contributed by atoms with E-state index in [-0.39, 0.29) is 5.91 Å². The quantitative estimate of drug-likeness (QED) is 0.465. The molecule has 2 aromatic carbocycles. The summed E-state index contributed by atoms with van der Waals surface area (Å²) < 4.78 is 1.80. The van der Waals surface area contributed by atoms with Gasteiger partial charge in [0.25, 0.3) is 5.91 Å². The van der Waals surface area contributed by atoms with Crippen molar-refractivity contribution >= 4 is 40.0 Å². The van der Waals surface area contributed by atoms with Gasteiger partial charge in [0.05, 0.1) is 17.4 Å². The van der Waals surface area contributed by atoms with E-state index in [0.29, 0.717) is 21.7 Å². The molecule has 2 unspecified atom stereocenters. The van der Waals surface area contributed by atoms with Crippen LogP contribution in [-0.2, 0) is 5.54 Å². The molecule has 1 aliphatic carbocycles. The molecule has 1 amide bonds. The van der Waals surface area contributed by atoms with Crippen molar-refractivity contribution in [2.24, 2.45) is 5.92 Å². The van der Waals surface area contributed by atoms with E-state index < -0.39 is 5.54 Å². The molecule has 146 valence electrons. The van der Waals surface area contributed by atoms with E-state index in [9.17, 15) is 4.79 Å². The Balaban J connectivity index is 1.42. The largest absolute Gasteiger partial charge is 0.351 e. The van der Waals surface area contributed by atoms with Crippen LogP contribution >= 0.6 is 23.2 Å². The molecule has 7 heteroatoms. The number of H-pyrrole nitrogens is 1. The first-order valence-electron chi connectivity index (χ1n) is 9.36. The van der Waals surface area contributed by atoms with Gasteiger partial charge in [-0.1, -0.05) is 30.1 Å². The van der Waals surface area contributed by atoms with Gasteiger partial charge in [-0.05, 0) is 60.9 Å². The molecule has 1 aliphatic rings. The van der Waals surface area contributed by atoms with Crippen LogP contribution in [0.4, 0.5) is 0 Å². The van der Waals surface area contributed by atoms with Gasteiger partial charge in [-0.2, -0.15) is 5.10 Å². The maximum atomic E-state index is 13.0. The Bertz CT molecular complexity index is 1230. The predicted octanol–water partition coefficient (Wildman–Crippen LogP) is 5.33. The average Bonchev–Trinajstić information content (AvgIpc) is 3.09. The van der Waals surface area contributed by atoms with Gasteiger partial charge in [-0.15, -0.1) is 0 Å². The van der Waals surface area contributed by atoms with Crippen LogP contribution in [0.25, 0.3) is 16.6 Å². The second-order valence-electron chi connectivity index (χ2n) is 7.60. The lowest BCUT2D eigenvalue weighted by molar-refractivity contribution is 0.0923. The molecule has 0 spiro atoms. The number of nitrogens with one attached hydrogen (secondary N) is 2. The van der Waals surface area contributed by atoms with Gasteiger partial charge in [-0.25, -0.2) is 4.68 Å². The Morgan fingerprint density at radius 3 is 2.62 bits per heavy atom. The van der Waals surface area contributed by atoms with E-state index in [2.05, 4.69) is 22.3 Å². The minimum Gasteiger partial charge on any atom is -0.351 e. The van der Waals surface area contributed by atoms with Crippen molar-refractivity contribution in [3.05, 3.63) is 82.2 Å². The van der Waals surface area contributed by atoms with Gasteiger partial charge in [0.1, 0.15) is 5.69 Å². The highest BCUT2D eigenvalue weighted by molar-refractivity contribution is 6.31. The third kappa shape index (κ3) is 3.20. The number of hydrogen-bond acceptors (Lipinski definition) is 2. The number of aromatic nitrogens is 3. The molecular formula is C22H18Cl2N4O. The first-order chi connectivity index (χ1) is 13.9. The summed E-state index contributed by atoms with van der Waals surface area (Å²) in [6, 6.07) is 14.8. The number of nitrogens with zero attached hydrogens (tertiary/aromatic N) is 2. The Kier molecular flexibility index (Phi) is 4.19. The molecule has 2 atom stereocenters. The number of aromatic amines is 1. The fraction of sp³-hybridized carbons (Fsp3) is 0.182. The zero-order valence-corrected chi connectivity index (χ0v) is 17.1. The van der Waals surface area contributed by atoms with Crippen molar-refractivity contribution in [3.63, 3.8) is 0 Å². The normalized spacial score (nSPS) is 20.7. The molecular weight excluding hydrogens is 407 g/mol. The molecule has 2 aromatic heterocycles. The third-order valence-electron chi connectivity index (χ3n) is 5.66. The molecule has 29 heavy (non-hydrogen) atoms. The van der Waals surface area contributed by atoms with E-state index in [1.165, 1.54) is 0 Å². The first-order valence-corrected chi connectivity index (χ1v) is 10.1. The highest BCUT2D eigenvalue weighted by atomic mass is 35.5. The number of halogens is 2. The smallest absolute Gasteiger partial charge is 0.268 e. The van der Waals surface area contributed by atoms with Crippen molar-refractivity contribution in [2.75, 3.05) is 0 Å². The second-order valence-corrected chi connectivity index (χ2v) is 8.47. The highest BCUT2D eigenvalue weighted by Crippen LogP contribution is 2.51. The fourth-order valence-corrected chi connectivity index (χ4v) is 4.16. The Hall–Kier alpha value is -2.76. The van der Waals surface area contributed by atoms with Crippen molar-refractivity contribution in [2.45, 2.75) is 18.9 Å². The zero-order valence-electron chi connectivity index (χ0n) is 15.6. The molecule has 1 fully saturated rings. The zero-order chi connectivity index (χ0) is 20.2. The Morgan fingerprint density at radius 1 is 1.17 bits per heavy atom. The van der Waals surface area contributed by atoms with Gasteiger partial charge in [-0.3, -0.25) is 4.79 Å². The van der Waals surface area contributed by atoms with Crippen LogP contribution in [0.15, 0.2) is 60.9 Å². The molecule has 0 aliphatic heterocycles. The Morgan fingerprint density at radius 2 is 1.90 bits per heavy atom. The molecule has 5 rings (SSSR count). The summed E-state index contributed by atoms with van der Waals surface area (Å²) in [6.45, 7) is 2.13. The fourth-order valence-electron chi connectivity index (χ4n) is 3.86. The second kappa shape index (κ2) is 6.65. The third-order valence-corrected chi connectivity index (χ3v) is 6.15. The Labute approximate surface area is 177 Å². The lowest BCUT2D eigenvalue weighted by Gasteiger charge is -2.17. The summed E-state index contributed by atoms with van der Waals surface area (Å²) in [4.78, 5) is 16.1. The van der Waals surface area contributed by atoms with Crippen LogP contribution in [0.1, 0.15) is 29.4 Å². The minimum absolute atomic E-state index is 0.138. The van der Waals surface area contributed by atoms with Gasteiger partial charge in [0.2, 0.25) is 0 Å². The number of rotatable bonds is 4. The predicted molar refractivity (Wildman–Crippen MR) is 115 cm³/mol. The first kappa shape index (κ1) is 18.3. The summed E-state index contributed by atoms with van der Waals surface area (Å²) >= 11 is 12.0. The molecule has 1 saturated carbocycles. The van der Waals surface area contributed by atoms with Crippen molar-refractivity contribution in [3.8, 4) is 5.69 Å². The number of amides is 1. The number of benzene rings is 2. The number of carbonyl (C=O) groups excluding carboxylic acids is 1. The summed E-state index contributed by atoms with van der Waals surface area (Å²) in [5.41, 5.74) is 2.91. The van der Waals surface area contributed by atoms with E-state index in [1.807, 2.05) is 54.9 Å². The van der Waals surface area contributed by atoms with Gasteiger partial charge < -0.3 is 10.3 Å². The SMILES string of the molecule is CC1CC1(NC(=O)c1cc2cc(Cl)ccc2[nH]1)c1cnn(-c2ccc(Cl)cc2)c1. The van der Waals surface area contributed by atoms with Gasteiger partial charge in [0.15, 0.2) is 0 Å². The minimum atomic E-state index is -0.406. The van der Waals surface area contributed by atoms with Crippen LogP contribution in [-0.4, -0.2) is 20.7 Å². The molecule has 0 saturated heterocycles. The lowest BCUT2D eigenvalue weighted by Crippen LogP contribution is -2.36. The van der Waals surface area contributed by atoms with Crippen LogP contribution in [0.5, 0.6) is 0 Å². The van der Waals surface area contributed by atoms with Crippen LogP contribution in [0.3, 0.4) is 0 Å². The van der Waals surface area contributed by atoms with Crippen molar-refractivity contribution < 1.29 is 4.79 Å². The van der Waals surface area contributed by atoms with Crippen molar-refractivity contribution in [1.29, 1.82) is 0 Å².